The van der Waals surface area contributed by atoms with E-state index >= 15 is 0 Å². The van der Waals surface area contributed by atoms with Crippen LogP contribution in [0.1, 0.15) is 28.1 Å². The number of nitrogens with zero attached hydrogens (tertiary/aromatic N) is 1. The van der Waals surface area contributed by atoms with Gasteiger partial charge in [0.1, 0.15) is 0 Å². The van der Waals surface area contributed by atoms with Crippen molar-refractivity contribution in [3.63, 3.8) is 0 Å². The molecule has 0 aliphatic carbocycles. The van der Waals surface area contributed by atoms with Gasteiger partial charge in [0.25, 0.3) is 5.91 Å². The average Bonchev–Trinajstić information content (AvgIpc) is 3.22. The van der Waals surface area contributed by atoms with Crippen LogP contribution in [0.4, 0.5) is 0 Å². The molecule has 0 aliphatic rings. The summed E-state index contributed by atoms with van der Waals surface area (Å²) < 4.78 is 0.715. The van der Waals surface area contributed by atoms with Gasteiger partial charge in [0.15, 0.2) is 0 Å². The fraction of sp³-hybridized carbons (Fsp3) is 0.294. The Kier molecular flexibility index (Phi) is 7.49. The molecule has 0 unspecified atom stereocenters. The van der Waals surface area contributed by atoms with Gasteiger partial charge in [-0.3, -0.25) is 9.59 Å². The second-order valence-corrected chi connectivity index (χ2v) is 7.72. The molecule has 0 spiro atoms. The maximum atomic E-state index is 12.4. The van der Waals surface area contributed by atoms with Crippen LogP contribution < -0.4 is 5.32 Å². The van der Waals surface area contributed by atoms with Gasteiger partial charge in [0.05, 0.1) is 10.9 Å². The molecule has 0 aliphatic heterocycles. The normalized spacial score (nSPS) is 10.4. The van der Waals surface area contributed by atoms with Crippen LogP contribution >= 0.6 is 34.3 Å². The number of halogens is 1. The standard InChI is InChI=1S/C17H19ClN2O2S2/c1-2-9-20(11-14-5-6-15(18)24-14)16(21)4-3-8-19-17(22)13-7-10-23-12-13/h2,5-7,10,12H,1,3-4,8-9,11H2,(H,19,22). The SMILES string of the molecule is C=CCN(Cc1ccc(Cl)s1)C(=O)CCCNC(=O)c1ccsc1. The first-order valence-corrected chi connectivity index (χ1v) is 9.67. The Hall–Kier alpha value is -1.63. The minimum atomic E-state index is -0.0973. The number of thiophene rings is 2. The highest BCUT2D eigenvalue weighted by Crippen LogP contribution is 2.23. The Morgan fingerprint density at radius 1 is 1.33 bits per heavy atom. The predicted molar refractivity (Wildman–Crippen MR) is 101 cm³/mol. The summed E-state index contributed by atoms with van der Waals surface area (Å²) in [5.41, 5.74) is 0.661. The number of carbonyl (C=O) groups excluding carboxylic acids is 2. The van der Waals surface area contributed by atoms with Crippen LogP contribution in [0.25, 0.3) is 0 Å². The Morgan fingerprint density at radius 3 is 2.79 bits per heavy atom. The number of hydrogen-bond acceptors (Lipinski definition) is 4. The van der Waals surface area contributed by atoms with E-state index in [2.05, 4.69) is 11.9 Å². The molecule has 0 bridgehead atoms. The van der Waals surface area contributed by atoms with Crippen molar-refractivity contribution in [3.05, 3.63) is 56.4 Å². The molecular formula is C17H19ClN2O2S2. The van der Waals surface area contributed by atoms with Crippen molar-refractivity contribution in [2.45, 2.75) is 19.4 Å². The monoisotopic (exact) mass is 382 g/mol. The zero-order valence-electron chi connectivity index (χ0n) is 13.2. The van der Waals surface area contributed by atoms with E-state index in [1.54, 1.807) is 22.4 Å². The smallest absolute Gasteiger partial charge is 0.252 e. The zero-order valence-corrected chi connectivity index (χ0v) is 15.6. The first-order valence-electron chi connectivity index (χ1n) is 7.53. The molecule has 0 fully saturated rings. The van der Waals surface area contributed by atoms with Crippen LogP contribution in [0.3, 0.4) is 0 Å². The molecule has 2 rings (SSSR count). The van der Waals surface area contributed by atoms with Gasteiger partial charge < -0.3 is 10.2 Å². The molecule has 1 N–H and O–H groups in total. The summed E-state index contributed by atoms with van der Waals surface area (Å²) in [6.45, 7) is 5.21. The maximum absolute atomic E-state index is 12.4. The Balaban J connectivity index is 1.76. The van der Waals surface area contributed by atoms with Crippen molar-refractivity contribution in [3.8, 4) is 0 Å². The van der Waals surface area contributed by atoms with Gasteiger partial charge in [0.2, 0.25) is 5.91 Å². The zero-order chi connectivity index (χ0) is 17.4. The van der Waals surface area contributed by atoms with E-state index in [0.717, 1.165) is 4.88 Å². The molecule has 0 aromatic carbocycles. The molecular weight excluding hydrogens is 364 g/mol. The minimum absolute atomic E-state index is 0.0456. The van der Waals surface area contributed by atoms with Gasteiger partial charge in [-0.2, -0.15) is 11.3 Å². The van der Waals surface area contributed by atoms with Crippen molar-refractivity contribution in [2.75, 3.05) is 13.1 Å². The van der Waals surface area contributed by atoms with E-state index in [0.29, 0.717) is 42.4 Å². The first kappa shape index (κ1) is 18.7. The highest BCUT2D eigenvalue weighted by molar-refractivity contribution is 7.16. The van der Waals surface area contributed by atoms with Gasteiger partial charge in [-0.05, 0) is 30.0 Å². The van der Waals surface area contributed by atoms with Crippen molar-refractivity contribution in [1.82, 2.24) is 10.2 Å². The van der Waals surface area contributed by atoms with Crippen LogP contribution in [-0.4, -0.2) is 29.8 Å². The lowest BCUT2D eigenvalue weighted by Gasteiger charge is -2.20. The third kappa shape index (κ3) is 5.78. The topological polar surface area (TPSA) is 49.4 Å². The summed E-state index contributed by atoms with van der Waals surface area (Å²) >= 11 is 8.89. The largest absolute Gasteiger partial charge is 0.352 e. The third-order valence-corrected chi connectivity index (χ3v) is 5.21. The van der Waals surface area contributed by atoms with Crippen LogP contribution in [0.2, 0.25) is 4.34 Å². The van der Waals surface area contributed by atoms with Gasteiger partial charge in [-0.25, -0.2) is 0 Å². The number of nitrogens with one attached hydrogen (secondary N) is 1. The summed E-state index contributed by atoms with van der Waals surface area (Å²) in [6.07, 6.45) is 2.70. The maximum Gasteiger partial charge on any atom is 0.252 e. The van der Waals surface area contributed by atoms with E-state index in [9.17, 15) is 9.59 Å². The van der Waals surface area contributed by atoms with Gasteiger partial charge in [-0.15, -0.1) is 17.9 Å². The van der Waals surface area contributed by atoms with E-state index in [-0.39, 0.29) is 11.8 Å². The summed E-state index contributed by atoms with van der Waals surface area (Å²) in [5, 5.41) is 6.49. The Labute approximate surface area is 154 Å². The molecule has 128 valence electrons. The quantitative estimate of drug-likeness (QED) is 0.522. The third-order valence-electron chi connectivity index (χ3n) is 3.31. The highest BCUT2D eigenvalue weighted by atomic mass is 35.5. The number of amides is 2. The van der Waals surface area contributed by atoms with Crippen LogP contribution in [-0.2, 0) is 11.3 Å². The van der Waals surface area contributed by atoms with E-state index < -0.39 is 0 Å². The lowest BCUT2D eigenvalue weighted by Crippen LogP contribution is -2.31. The number of rotatable bonds is 9. The van der Waals surface area contributed by atoms with Crippen molar-refractivity contribution in [1.29, 1.82) is 0 Å². The molecule has 7 heteroatoms. The summed E-state index contributed by atoms with van der Waals surface area (Å²) in [5.74, 6) is -0.0518. The Morgan fingerprint density at radius 2 is 2.17 bits per heavy atom. The lowest BCUT2D eigenvalue weighted by molar-refractivity contribution is -0.131. The molecule has 2 amide bonds. The van der Waals surface area contributed by atoms with E-state index in [1.807, 2.05) is 17.5 Å². The molecule has 2 aromatic heterocycles. The number of carbonyl (C=O) groups is 2. The molecule has 2 heterocycles. The van der Waals surface area contributed by atoms with Crippen molar-refractivity contribution >= 4 is 46.1 Å². The second-order valence-electron chi connectivity index (χ2n) is 5.14. The molecule has 0 atom stereocenters. The van der Waals surface area contributed by atoms with E-state index in [4.69, 9.17) is 11.6 Å². The molecule has 0 saturated carbocycles. The average molecular weight is 383 g/mol. The predicted octanol–water partition coefficient (Wildman–Crippen LogP) is 4.19. The van der Waals surface area contributed by atoms with Crippen LogP contribution in [0.5, 0.6) is 0 Å². The fourth-order valence-electron chi connectivity index (χ4n) is 2.13. The molecule has 24 heavy (non-hydrogen) atoms. The second kappa shape index (κ2) is 9.61. The van der Waals surface area contributed by atoms with Crippen LogP contribution in [0, 0.1) is 0 Å². The molecule has 4 nitrogen and oxygen atoms in total. The van der Waals surface area contributed by atoms with E-state index in [1.165, 1.54) is 22.7 Å². The summed E-state index contributed by atoms with van der Waals surface area (Å²) in [7, 11) is 0. The first-order chi connectivity index (χ1) is 11.6. The molecule has 2 aromatic rings. The molecule has 0 saturated heterocycles. The van der Waals surface area contributed by atoms with Crippen molar-refractivity contribution in [2.24, 2.45) is 0 Å². The van der Waals surface area contributed by atoms with Gasteiger partial charge >= 0.3 is 0 Å². The summed E-state index contributed by atoms with van der Waals surface area (Å²) in [4.78, 5) is 27.0. The minimum Gasteiger partial charge on any atom is -0.352 e. The Bertz CT molecular complexity index is 683. The van der Waals surface area contributed by atoms with Gasteiger partial charge in [0, 0.05) is 35.3 Å². The fourth-order valence-corrected chi connectivity index (χ4v) is 3.87. The highest BCUT2D eigenvalue weighted by Gasteiger charge is 2.14. The van der Waals surface area contributed by atoms with Crippen LogP contribution in [0.15, 0.2) is 41.6 Å². The van der Waals surface area contributed by atoms with Gasteiger partial charge in [-0.1, -0.05) is 17.7 Å². The number of hydrogen-bond donors (Lipinski definition) is 1. The van der Waals surface area contributed by atoms with Crippen molar-refractivity contribution < 1.29 is 9.59 Å². The molecule has 0 radical (unpaired) electrons. The summed E-state index contributed by atoms with van der Waals surface area (Å²) in [6, 6.07) is 5.54. The lowest BCUT2D eigenvalue weighted by atomic mass is 10.2.